The smallest absolute Gasteiger partial charge is 0.191 e. The molecule has 1 saturated carbocycles. The first-order valence-corrected chi connectivity index (χ1v) is 8.45. The first-order chi connectivity index (χ1) is 11.2. The molecule has 1 aromatic carbocycles. The molecule has 1 heterocycles. The molecule has 24 heavy (non-hydrogen) atoms. The normalized spacial score (nSPS) is 21.3. The fraction of sp³-hybridized carbons (Fsp3) is 0.500. The highest BCUT2D eigenvalue weighted by molar-refractivity contribution is 14.0. The van der Waals surface area contributed by atoms with Gasteiger partial charge in [-0.15, -0.1) is 24.0 Å². The summed E-state index contributed by atoms with van der Waals surface area (Å²) < 4.78 is 5.80. The first-order valence-electron chi connectivity index (χ1n) is 8.45. The number of guanidine groups is 1. The van der Waals surface area contributed by atoms with Crippen molar-refractivity contribution < 1.29 is 9.52 Å². The van der Waals surface area contributed by atoms with Gasteiger partial charge in [-0.25, -0.2) is 4.99 Å². The number of hydrogen-bond acceptors (Lipinski definition) is 3. The quantitative estimate of drug-likeness (QED) is 0.385. The van der Waals surface area contributed by atoms with E-state index >= 15 is 0 Å². The molecule has 0 atom stereocenters. The van der Waals surface area contributed by atoms with E-state index in [9.17, 15) is 5.11 Å². The van der Waals surface area contributed by atoms with Crippen LogP contribution < -0.4 is 10.6 Å². The standard InChI is InChI=1S/C18H25N3O2.HI/c1-2-19-18(21-14-7-9-15(22)10-8-14)20-12-16-11-13-5-3-4-6-17(13)23-16;/h3-6,11,14-15,22H,2,7-10,12H2,1H3,(H2,19,20,21);1H. The second kappa shape index (κ2) is 9.27. The zero-order valence-electron chi connectivity index (χ0n) is 14.0. The largest absolute Gasteiger partial charge is 0.459 e. The summed E-state index contributed by atoms with van der Waals surface area (Å²) >= 11 is 0. The lowest BCUT2D eigenvalue weighted by Gasteiger charge is -2.27. The number of nitrogens with zero attached hydrogens (tertiary/aromatic N) is 1. The van der Waals surface area contributed by atoms with Crippen LogP contribution in [0, 0.1) is 0 Å². The molecule has 3 N–H and O–H groups in total. The Morgan fingerprint density at radius 2 is 2.00 bits per heavy atom. The van der Waals surface area contributed by atoms with E-state index in [4.69, 9.17) is 4.42 Å². The minimum atomic E-state index is -0.136. The van der Waals surface area contributed by atoms with Crippen LogP contribution in [0.1, 0.15) is 38.4 Å². The van der Waals surface area contributed by atoms with E-state index < -0.39 is 0 Å². The summed E-state index contributed by atoms with van der Waals surface area (Å²) in [4.78, 5) is 4.63. The third-order valence-corrected chi connectivity index (χ3v) is 4.25. The monoisotopic (exact) mass is 443 g/mol. The van der Waals surface area contributed by atoms with E-state index in [0.29, 0.717) is 12.6 Å². The number of aliphatic imine (C=N–C) groups is 1. The van der Waals surface area contributed by atoms with Crippen LogP contribution >= 0.6 is 24.0 Å². The van der Waals surface area contributed by atoms with Crippen LogP contribution in [-0.2, 0) is 6.54 Å². The molecule has 132 valence electrons. The molecule has 0 unspecified atom stereocenters. The highest BCUT2D eigenvalue weighted by atomic mass is 127. The second-order valence-electron chi connectivity index (χ2n) is 6.10. The predicted molar refractivity (Wildman–Crippen MR) is 108 cm³/mol. The Hall–Kier alpha value is -1.28. The van der Waals surface area contributed by atoms with Crippen LogP contribution in [0.2, 0.25) is 0 Å². The van der Waals surface area contributed by atoms with Crippen molar-refractivity contribution in [2.24, 2.45) is 4.99 Å². The highest BCUT2D eigenvalue weighted by Crippen LogP contribution is 2.20. The number of rotatable bonds is 4. The summed E-state index contributed by atoms with van der Waals surface area (Å²) in [5.41, 5.74) is 0.900. The summed E-state index contributed by atoms with van der Waals surface area (Å²) in [5.74, 6) is 1.68. The van der Waals surface area contributed by atoms with E-state index in [0.717, 1.165) is 54.9 Å². The summed E-state index contributed by atoms with van der Waals surface area (Å²) in [6.45, 7) is 3.39. The number of hydrogen-bond donors (Lipinski definition) is 3. The van der Waals surface area contributed by atoms with Gasteiger partial charge in [0.25, 0.3) is 0 Å². The van der Waals surface area contributed by atoms with Crippen LogP contribution in [0.15, 0.2) is 39.7 Å². The van der Waals surface area contributed by atoms with Gasteiger partial charge >= 0.3 is 0 Å². The second-order valence-corrected chi connectivity index (χ2v) is 6.10. The molecule has 3 rings (SSSR count). The summed E-state index contributed by atoms with van der Waals surface area (Å²) in [7, 11) is 0. The molecule has 0 saturated heterocycles. The van der Waals surface area contributed by atoms with Crippen molar-refractivity contribution in [2.45, 2.75) is 51.3 Å². The van der Waals surface area contributed by atoms with Gasteiger partial charge in [-0.1, -0.05) is 18.2 Å². The minimum Gasteiger partial charge on any atom is -0.459 e. The van der Waals surface area contributed by atoms with Gasteiger partial charge in [-0.2, -0.15) is 0 Å². The number of furan rings is 1. The Labute approximate surface area is 159 Å². The molecular weight excluding hydrogens is 417 g/mol. The summed E-state index contributed by atoms with van der Waals surface area (Å²) in [5, 5.41) is 17.5. The maximum absolute atomic E-state index is 9.60. The number of aliphatic hydroxyl groups is 1. The van der Waals surface area contributed by atoms with Crippen molar-refractivity contribution in [1.29, 1.82) is 0 Å². The Balaban J connectivity index is 0.00000208. The lowest BCUT2D eigenvalue weighted by atomic mass is 9.93. The number of nitrogens with one attached hydrogen (secondary N) is 2. The zero-order chi connectivity index (χ0) is 16.1. The van der Waals surface area contributed by atoms with Crippen LogP contribution in [0.5, 0.6) is 0 Å². The van der Waals surface area contributed by atoms with Crippen LogP contribution in [0.3, 0.4) is 0 Å². The van der Waals surface area contributed by atoms with Crippen LogP contribution in [0.25, 0.3) is 11.0 Å². The Morgan fingerprint density at radius 1 is 1.25 bits per heavy atom. The van der Waals surface area contributed by atoms with Gasteiger partial charge in [0.1, 0.15) is 17.9 Å². The molecule has 1 aromatic heterocycles. The molecule has 1 aliphatic rings. The van der Waals surface area contributed by atoms with E-state index in [1.165, 1.54) is 0 Å². The molecule has 0 amide bonds. The summed E-state index contributed by atoms with van der Waals surface area (Å²) in [6.07, 6.45) is 3.55. The van der Waals surface area contributed by atoms with Gasteiger partial charge < -0.3 is 20.2 Å². The van der Waals surface area contributed by atoms with Crippen LogP contribution in [0.4, 0.5) is 0 Å². The first kappa shape index (κ1) is 19.1. The lowest BCUT2D eigenvalue weighted by Crippen LogP contribution is -2.45. The topological polar surface area (TPSA) is 69.8 Å². The Morgan fingerprint density at radius 3 is 2.71 bits per heavy atom. The maximum atomic E-state index is 9.60. The van der Waals surface area contributed by atoms with Gasteiger partial charge in [0.2, 0.25) is 0 Å². The average molecular weight is 443 g/mol. The average Bonchev–Trinajstić information content (AvgIpc) is 2.98. The van der Waals surface area contributed by atoms with Crippen molar-refractivity contribution in [1.82, 2.24) is 10.6 Å². The summed E-state index contributed by atoms with van der Waals surface area (Å²) in [6, 6.07) is 10.4. The van der Waals surface area contributed by atoms with Gasteiger partial charge in [0.15, 0.2) is 5.96 Å². The Kier molecular flexibility index (Phi) is 7.36. The van der Waals surface area contributed by atoms with E-state index in [2.05, 4.69) is 22.5 Å². The molecule has 6 heteroatoms. The lowest BCUT2D eigenvalue weighted by molar-refractivity contribution is 0.120. The molecule has 0 radical (unpaired) electrons. The van der Waals surface area contributed by atoms with Crippen molar-refractivity contribution in [2.75, 3.05) is 6.54 Å². The number of fused-ring (bicyclic) bond motifs is 1. The molecule has 0 aliphatic heterocycles. The van der Waals surface area contributed by atoms with Crippen molar-refractivity contribution in [3.63, 3.8) is 0 Å². The van der Waals surface area contributed by atoms with Gasteiger partial charge in [-0.05, 0) is 44.7 Å². The highest BCUT2D eigenvalue weighted by Gasteiger charge is 2.19. The minimum absolute atomic E-state index is 0. The number of halogens is 1. The number of aliphatic hydroxyl groups excluding tert-OH is 1. The third kappa shape index (κ3) is 5.11. The third-order valence-electron chi connectivity index (χ3n) is 4.25. The molecule has 0 bridgehead atoms. The molecule has 1 aliphatic carbocycles. The van der Waals surface area contributed by atoms with Crippen molar-refractivity contribution >= 4 is 40.9 Å². The molecular formula is C18H26IN3O2. The number of benzene rings is 1. The molecule has 1 fully saturated rings. The predicted octanol–water partition coefficient (Wildman–Crippen LogP) is 3.41. The molecule has 5 nitrogen and oxygen atoms in total. The van der Waals surface area contributed by atoms with E-state index in [1.807, 2.05) is 30.3 Å². The molecule has 2 aromatic rings. The van der Waals surface area contributed by atoms with Gasteiger partial charge in [0.05, 0.1) is 6.10 Å². The van der Waals surface area contributed by atoms with E-state index in [1.54, 1.807) is 0 Å². The molecule has 0 spiro atoms. The number of para-hydroxylation sites is 1. The zero-order valence-corrected chi connectivity index (χ0v) is 16.3. The Bertz CT molecular complexity index is 630. The fourth-order valence-corrected chi connectivity index (χ4v) is 3.01. The van der Waals surface area contributed by atoms with Crippen LogP contribution in [-0.4, -0.2) is 29.8 Å². The SMILES string of the molecule is CCNC(=NCc1cc2ccccc2o1)NC1CCC(O)CC1.I. The van der Waals surface area contributed by atoms with E-state index in [-0.39, 0.29) is 30.1 Å². The maximum Gasteiger partial charge on any atom is 0.191 e. The van der Waals surface area contributed by atoms with Crippen molar-refractivity contribution in [3.8, 4) is 0 Å². The fourth-order valence-electron chi connectivity index (χ4n) is 3.01. The van der Waals surface area contributed by atoms with Gasteiger partial charge in [-0.3, -0.25) is 0 Å². The van der Waals surface area contributed by atoms with Gasteiger partial charge in [0, 0.05) is 18.0 Å². The van der Waals surface area contributed by atoms with Crippen molar-refractivity contribution in [3.05, 3.63) is 36.1 Å².